The summed E-state index contributed by atoms with van der Waals surface area (Å²) in [6.07, 6.45) is 3.28. The largest absolute Gasteiger partial charge is 0.382 e. The molecule has 0 aliphatic carbocycles. The van der Waals surface area contributed by atoms with Crippen LogP contribution in [0.5, 0.6) is 0 Å². The van der Waals surface area contributed by atoms with Crippen molar-refractivity contribution >= 4 is 17.0 Å². The summed E-state index contributed by atoms with van der Waals surface area (Å²) in [5.41, 5.74) is 7.17. The number of nitrogens with two attached hydrogens (primary N) is 1. The van der Waals surface area contributed by atoms with Crippen LogP contribution in [0.4, 0.5) is 5.82 Å². The van der Waals surface area contributed by atoms with E-state index < -0.39 is 0 Å². The van der Waals surface area contributed by atoms with E-state index in [1.807, 2.05) is 11.6 Å². The summed E-state index contributed by atoms with van der Waals surface area (Å²) in [5, 5.41) is 3.23. The molecule has 0 bridgehead atoms. The summed E-state index contributed by atoms with van der Waals surface area (Å²) in [4.78, 5) is 12.5. The molecular weight excluding hydrogens is 260 g/mol. The van der Waals surface area contributed by atoms with Crippen LogP contribution in [0, 0.1) is 0 Å². The van der Waals surface area contributed by atoms with E-state index in [0.717, 1.165) is 5.65 Å². The maximum Gasteiger partial charge on any atom is 0.165 e. The fraction of sp³-hybridized carbons (Fsp3) is 0.583. The number of nitrogen functional groups attached to an aromatic ring is 1. The zero-order chi connectivity index (χ0) is 13.7. The molecule has 0 saturated carbocycles. The van der Waals surface area contributed by atoms with Gasteiger partial charge in [-0.15, -0.1) is 0 Å². The zero-order valence-electron chi connectivity index (χ0n) is 11.1. The predicted molar refractivity (Wildman–Crippen MR) is 71.1 cm³/mol. The number of rotatable bonds is 2. The molecule has 4 rings (SSSR count). The van der Waals surface area contributed by atoms with Crippen molar-refractivity contribution in [1.82, 2.24) is 24.8 Å². The third kappa shape index (κ3) is 1.55. The summed E-state index contributed by atoms with van der Waals surface area (Å²) in [6, 6.07) is 0.303. The number of anilines is 1. The van der Waals surface area contributed by atoms with Crippen LogP contribution in [-0.4, -0.2) is 58.0 Å². The normalized spacial score (nSPS) is 32.9. The number of fused-ring (bicyclic) bond motifs is 2. The van der Waals surface area contributed by atoms with Crippen molar-refractivity contribution < 1.29 is 9.47 Å². The quantitative estimate of drug-likeness (QED) is 0.750. The van der Waals surface area contributed by atoms with E-state index in [1.165, 1.54) is 6.33 Å². The lowest BCUT2D eigenvalue weighted by Crippen LogP contribution is -2.38. The van der Waals surface area contributed by atoms with Gasteiger partial charge in [0.2, 0.25) is 0 Å². The molecule has 2 aliphatic heterocycles. The average molecular weight is 276 g/mol. The van der Waals surface area contributed by atoms with Gasteiger partial charge in [0.05, 0.1) is 31.6 Å². The predicted octanol–water partition coefficient (Wildman–Crippen LogP) is -0.665. The van der Waals surface area contributed by atoms with Crippen molar-refractivity contribution in [2.24, 2.45) is 0 Å². The standard InChI is InChI=1S/C12H16N6O2/c1-14-6-2-19-10-7(3-20-9(6)10)18-5-17-8-11(13)15-4-16-12(8)18/h4-7,9-10,14H,2-3H2,1H3,(H2,13,15,16)/t6-,7+,9-,10-/m1/s1. The van der Waals surface area contributed by atoms with Crippen molar-refractivity contribution in [3.8, 4) is 0 Å². The van der Waals surface area contributed by atoms with Crippen LogP contribution in [0.2, 0.25) is 0 Å². The number of hydrogen-bond donors (Lipinski definition) is 2. The van der Waals surface area contributed by atoms with Gasteiger partial charge in [-0.2, -0.15) is 0 Å². The van der Waals surface area contributed by atoms with Crippen LogP contribution in [0.15, 0.2) is 12.7 Å². The molecule has 2 aliphatic rings. The van der Waals surface area contributed by atoms with Gasteiger partial charge in [0, 0.05) is 0 Å². The Balaban J connectivity index is 1.72. The first-order chi connectivity index (χ1) is 9.79. The third-order valence-electron chi connectivity index (χ3n) is 4.14. The highest BCUT2D eigenvalue weighted by atomic mass is 16.6. The number of hydrogen-bond acceptors (Lipinski definition) is 7. The van der Waals surface area contributed by atoms with Crippen LogP contribution in [0.25, 0.3) is 11.2 Å². The molecule has 0 aromatic carbocycles. The Morgan fingerprint density at radius 3 is 2.95 bits per heavy atom. The number of ether oxygens (including phenoxy) is 2. The minimum atomic E-state index is 0.0149. The van der Waals surface area contributed by atoms with Crippen LogP contribution >= 0.6 is 0 Å². The van der Waals surface area contributed by atoms with Gasteiger partial charge >= 0.3 is 0 Å². The minimum Gasteiger partial charge on any atom is -0.382 e. The lowest BCUT2D eigenvalue weighted by molar-refractivity contribution is 0.0638. The maximum atomic E-state index is 5.89. The fourth-order valence-electron chi connectivity index (χ4n) is 3.08. The van der Waals surface area contributed by atoms with Crippen molar-refractivity contribution in [3.05, 3.63) is 12.7 Å². The molecule has 0 radical (unpaired) electrons. The van der Waals surface area contributed by atoms with Crippen molar-refractivity contribution in [3.63, 3.8) is 0 Å². The van der Waals surface area contributed by atoms with E-state index in [9.17, 15) is 0 Å². The molecule has 106 valence electrons. The molecule has 20 heavy (non-hydrogen) atoms. The van der Waals surface area contributed by atoms with Crippen molar-refractivity contribution in [2.75, 3.05) is 26.0 Å². The first-order valence-corrected chi connectivity index (χ1v) is 6.63. The monoisotopic (exact) mass is 276 g/mol. The van der Waals surface area contributed by atoms with Gasteiger partial charge in [0.15, 0.2) is 11.5 Å². The second-order valence-electron chi connectivity index (χ2n) is 5.14. The Morgan fingerprint density at radius 2 is 2.10 bits per heavy atom. The van der Waals surface area contributed by atoms with Crippen LogP contribution in [0.1, 0.15) is 6.04 Å². The Morgan fingerprint density at radius 1 is 1.25 bits per heavy atom. The van der Waals surface area contributed by atoms with E-state index in [2.05, 4.69) is 20.3 Å². The highest BCUT2D eigenvalue weighted by molar-refractivity contribution is 5.81. The summed E-state index contributed by atoms with van der Waals surface area (Å²) >= 11 is 0. The SMILES string of the molecule is CN[C@@H]1CO[C@H]2[C@@H]1OC[C@@H]2n1cnc2c(N)ncnc21. The van der Waals surface area contributed by atoms with E-state index in [4.69, 9.17) is 15.2 Å². The molecule has 4 atom stereocenters. The Kier molecular flexibility index (Phi) is 2.62. The lowest BCUT2D eigenvalue weighted by atomic mass is 10.1. The average Bonchev–Trinajstić information content (AvgIpc) is 3.11. The van der Waals surface area contributed by atoms with Crippen LogP contribution in [0.3, 0.4) is 0 Å². The summed E-state index contributed by atoms with van der Waals surface area (Å²) < 4.78 is 13.8. The minimum absolute atomic E-state index is 0.0149. The zero-order valence-corrected chi connectivity index (χ0v) is 11.1. The number of nitrogens with one attached hydrogen (secondary N) is 1. The second-order valence-corrected chi connectivity index (χ2v) is 5.14. The molecule has 8 nitrogen and oxygen atoms in total. The summed E-state index contributed by atoms with van der Waals surface area (Å²) in [5.74, 6) is 0.393. The van der Waals surface area contributed by atoms with Gasteiger partial charge in [-0.3, -0.25) is 0 Å². The molecule has 2 saturated heterocycles. The molecule has 2 aromatic rings. The Hall–Kier alpha value is -1.77. The summed E-state index contributed by atoms with van der Waals surface area (Å²) in [6.45, 7) is 1.25. The number of imidazole rings is 1. The highest BCUT2D eigenvalue weighted by Gasteiger charge is 2.48. The fourth-order valence-corrected chi connectivity index (χ4v) is 3.08. The van der Waals surface area contributed by atoms with Gasteiger partial charge in [0.1, 0.15) is 24.1 Å². The summed E-state index contributed by atoms with van der Waals surface area (Å²) in [7, 11) is 1.92. The number of nitrogens with zero attached hydrogens (tertiary/aromatic N) is 4. The molecule has 0 spiro atoms. The molecule has 3 N–H and O–H groups in total. The second kappa shape index (κ2) is 4.37. The maximum absolute atomic E-state index is 5.89. The van der Waals surface area contributed by atoms with Crippen molar-refractivity contribution in [1.29, 1.82) is 0 Å². The van der Waals surface area contributed by atoms with Gasteiger partial charge in [-0.1, -0.05) is 0 Å². The van der Waals surface area contributed by atoms with Gasteiger partial charge in [-0.25, -0.2) is 15.0 Å². The number of likely N-dealkylation sites (N-methyl/N-ethyl adjacent to an activating group) is 1. The lowest BCUT2D eigenvalue weighted by Gasteiger charge is -2.17. The van der Waals surface area contributed by atoms with E-state index >= 15 is 0 Å². The van der Waals surface area contributed by atoms with Gasteiger partial charge in [-0.05, 0) is 7.05 Å². The third-order valence-corrected chi connectivity index (χ3v) is 4.14. The molecular formula is C12H16N6O2. The van der Waals surface area contributed by atoms with E-state index in [0.29, 0.717) is 24.5 Å². The van der Waals surface area contributed by atoms with E-state index in [-0.39, 0.29) is 24.3 Å². The molecule has 8 heteroatoms. The highest BCUT2D eigenvalue weighted by Crippen LogP contribution is 2.35. The molecule has 0 amide bonds. The van der Waals surface area contributed by atoms with Crippen LogP contribution in [-0.2, 0) is 9.47 Å². The van der Waals surface area contributed by atoms with Gasteiger partial charge < -0.3 is 25.1 Å². The molecule has 2 fully saturated rings. The van der Waals surface area contributed by atoms with E-state index in [1.54, 1.807) is 6.33 Å². The first kappa shape index (κ1) is 12.0. The Labute approximate surface area is 115 Å². The Bertz CT molecular complexity index is 644. The smallest absolute Gasteiger partial charge is 0.165 e. The topological polar surface area (TPSA) is 100 Å². The molecule has 2 aromatic heterocycles. The number of aromatic nitrogens is 4. The molecule has 4 heterocycles. The molecule has 0 unspecified atom stereocenters. The van der Waals surface area contributed by atoms with Crippen LogP contribution < -0.4 is 11.1 Å². The first-order valence-electron chi connectivity index (χ1n) is 6.63. The van der Waals surface area contributed by atoms with Gasteiger partial charge in [0.25, 0.3) is 0 Å². The van der Waals surface area contributed by atoms with Crippen molar-refractivity contribution in [2.45, 2.75) is 24.3 Å².